The molecule has 1 atom stereocenters. The van der Waals surface area contributed by atoms with E-state index in [1.807, 2.05) is 12.1 Å². The Balaban J connectivity index is 1.92. The summed E-state index contributed by atoms with van der Waals surface area (Å²) in [6.07, 6.45) is 3.56. The molecule has 27 heavy (non-hydrogen) atoms. The minimum atomic E-state index is -0.704. The highest BCUT2D eigenvalue weighted by atomic mass is 35.5. The number of nitrogens with zero attached hydrogens (tertiary/aromatic N) is 4. The third-order valence-electron chi connectivity index (χ3n) is 5.72. The molecule has 0 bridgehead atoms. The van der Waals surface area contributed by atoms with Gasteiger partial charge in [0, 0.05) is 31.0 Å². The fourth-order valence-electron chi connectivity index (χ4n) is 4.11. The topological polar surface area (TPSA) is 79.1 Å². The Morgan fingerprint density at radius 3 is 2.89 bits per heavy atom. The Morgan fingerprint density at radius 2 is 2.19 bits per heavy atom. The number of carbonyl (C=O) groups excluding carboxylic acids is 1. The Kier molecular flexibility index (Phi) is 4.75. The molecule has 3 heterocycles. The summed E-state index contributed by atoms with van der Waals surface area (Å²) in [6, 6.07) is 6.58. The zero-order valence-corrected chi connectivity index (χ0v) is 16.0. The van der Waals surface area contributed by atoms with Gasteiger partial charge >= 0.3 is 0 Å². The van der Waals surface area contributed by atoms with Crippen molar-refractivity contribution in [2.75, 3.05) is 24.7 Å². The number of carbonyl (C=O) groups is 1. The molecule has 2 aromatic rings. The first-order valence-corrected chi connectivity index (χ1v) is 9.65. The number of hydrogen-bond acceptors (Lipinski definition) is 6. The van der Waals surface area contributed by atoms with Gasteiger partial charge in [0.2, 0.25) is 0 Å². The van der Waals surface area contributed by atoms with Crippen LogP contribution in [0.1, 0.15) is 38.2 Å². The van der Waals surface area contributed by atoms with Crippen molar-refractivity contribution in [3.05, 3.63) is 29.0 Å². The zero-order chi connectivity index (χ0) is 19.0. The highest BCUT2D eigenvalue weighted by molar-refractivity contribution is 6.33. The van der Waals surface area contributed by atoms with Gasteiger partial charge in [0.25, 0.3) is 0 Å². The van der Waals surface area contributed by atoms with Crippen molar-refractivity contribution in [1.29, 1.82) is 5.26 Å². The van der Waals surface area contributed by atoms with Gasteiger partial charge < -0.3 is 9.64 Å². The van der Waals surface area contributed by atoms with Crippen LogP contribution in [0, 0.1) is 11.3 Å². The van der Waals surface area contributed by atoms with Crippen molar-refractivity contribution in [1.82, 2.24) is 9.97 Å². The third kappa shape index (κ3) is 3.15. The van der Waals surface area contributed by atoms with Crippen molar-refractivity contribution in [3.63, 3.8) is 0 Å². The first-order chi connectivity index (χ1) is 13.0. The van der Waals surface area contributed by atoms with Gasteiger partial charge in [-0.15, -0.1) is 0 Å². The molecule has 2 aliphatic rings. The normalized spacial score (nSPS) is 22.6. The molecule has 1 aliphatic carbocycles. The van der Waals surface area contributed by atoms with E-state index in [1.54, 1.807) is 6.20 Å². The Hall–Kier alpha value is -2.23. The predicted octanol–water partition coefficient (Wildman–Crippen LogP) is 3.41. The highest BCUT2D eigenvalue weighted by Crippen LogP contribution is 2.43. The number of hydrogen-bond donors (Lipinski definition) is 0. The van der Waals surface area contributed by atoms with E-state index in [-0.39, 0.29) is 11.8 Å². The minimum Gasteiger partial charge on any atom is -0.377 e. The lowest BCUT2D eigenvalue weighted by Gasteiger charge is -2.36. The number of ether oxygens (including phenoxy) is 1. The maximum atomic E-state index is 11.8. The van der Waals surface area contributed by atoms with Crippen LogP contribution in [0.2, 0.25) is 5.15 Å². The van der Waals surface area contributed by atoms with Crippen molar-refractivity contribution in [2.24, 2.45) is 0 Å². The largest absolute Gasteiger partial charge is 0.377 e. The lowest BCUT2D eigenvalue weighted by Crippen LogP contribution is -2.44. The third-order valence-corrected chi connectivity index (χ3v) is 6.00. The second-order valence-electron chi connectivity index (χ2n) is 7.38. The smallest absolute Gasteiger partial charge is 0.155 e. The summed E-state index contributed by atoms with van der Waals surface area (Å²) in [7, 11) is 0. The lowest BCUT2D eigenvalue weighted by atomic mass is 9.69. The van der Waals surface area contributed by atoms with Gasteiger partial charge in [0.05, 0.1) is 30.7 Å². The maximum Gasteiger partial charge on any atom is 0.155 e. The molecule has 0 radical (unpaired) electrons. The average Bonchev–Trinajstić information content (AvgIpc) is 2.69. The second-order valence-corrected chi connectivity index (χ2v) is 7.73. The molecule has 0 aromatic carbocycles. The molecule has 2 fully saturated rings. The number of ketones is 1. The summed E-state index contributed by atoms with van der Waals surface area (Å²) in [5.41, 5.74) is 0.807. The standard InChI is InChI=1S/C20H21ClN4O2/c1-13-11-27-9-8-25(13)17-10-16(15-4-7-23-19(21)18(15)24-17)20(12-22)5-2-14(26)3-6-20/h4,7,10,13H,2-3,5-6,8-9,11H2,1H3/t13-/m1/s1. The van der Waals surface area contributed by atoms with Crippen molar-refractivity contribution in [3.8, 4) is 6.07 Å². The van der Waals surface area contributed by atoms with E-state index >= 15 is 0 Å². The van der Waals surface area contributed by atoms with Crippen LogP contribution in [0.25, 0.3) is 10.9 Å². The molecule has 4 rings (SSSR count). The predicted molar refractivity (Wildman–Crippen MR) is 103 cm³/mol. The van der Waals surface area contributed by atoms with E-state index in [0.717, 1.165) is 23.3 Å². The van der Waals surface area contributed by atoms with Gasteiger partial charge in [-0.25, -0.2) is 9.97 Å². The quantitative estimate of drug-likeness (QED) is 0.738. The summed E-state index contributed by atoms with van der Waals surface area (Å²) in [4.78, 5) is 23.0. The zero-order valence-electron chi connectivity index (χ0n) is 15.2. The van der Waals surface area contributed by atoms with Gasteiger partial charge in [-0.05, 0) is 37.5 Å². The van der Waals surface area contributed by atoms with Gasteiger partial charge in [-0.3, -0.25) is 4.79 Å². The van der Waals surface area contributed by atoms with Crippen LogP contribution in [0.3, 0.4) is 0 Å². The first-order valence-electron chi connectivity index (χ1n) is 9.27. The van der Waals surface area contributed by atoms with Gasteiger partial charge in [-0.1, -0.05) is 11.6 Å². The number of anilines is 1. The number of pyridine rings is 2. The van der Waals surface area contributed by atoms with Crippen LogP contribution in [0.4, 0.5) is 5.82 Å². The van der Waals surface area contributed by atoms with E-state index in [4.69, 9.17) is 21.3 Å². The van der Waals surface area contributed by atoms with Crippen LogP contribution in [-0.2, 0) is 14.9 Å². The number of aromatic nitrogens is 2. The van der Waals surface area contributed by atoms with Crippen molar-refractivity contribution >= 4 is 34.1 Å². The van der Waals surface area contributed by atoms with Crippen molar-refractivity contribution in [2.45, 2.75) is 44.1 Å². The molecule has 0 spiro atoms. The second kappa shape index (κ2) is 7.06. The number of rotatable bonds is 2. The van der Waals surface area contributed by atoms with E-state index in [9.17, 15) is 10.1 Å². The van der Waals surface area contributed by atoms with Crippen LogP contribution < -0.4 is 4.90 Å². The number of nitriles is 1. The molecule has 1 saturated carbocycles. The highest BCUT2D eigenvalue weighted by Gasteiger charge is 2.39. The lowest BCUT2D eigenvalue weighted by molar-refractivity contribution is -0.120. The number of morpholine rings is 1. The van der Waals surface area contributed by atoms with E-state index < -0.39 is 5.41 Å². The van der Waals surface area contributed by atoms with E-state index in [2.05, 4.69) is 22.9 Å². The summed E-state index contributed by atoms with van der Waals surface area (Å²) >= 11 is 6.37. The molecule has 140 valence electrons. The Morgan fingerprint density at radius 1 is 1.41 bits per heavy atom. The van der Waals surface area contributed by atoms with Gasteiger partial charge in [0.15, 0.2) is 5.15 Å². The fraction of sp³-hybridized carbons (Fsp3) is 0.500. The summed E-state index contributed by atoms with van der Waals surface area (Å²) in [5, 5.41) is 11.3. The molecule has 1 saturated heterocycles. The van der Waals surface area contributed by atoms with Crippen molar-refractivity contribution < 1.29 is 9.53 Å². The molecule has 6 nitrogen and oxygen atoms in total. The molecule has 0 unspecified atom stereocenters. The van der Waals surface area contributed by atoms with E-state index in [0.29, 0.717) is 49.6 Å². The Bertz CT molecular complexity index is 929. The molecule has 7 heteroatoms. The Labute approximate surface area is 163 Å². The summed E-state index contributed by atoms with van der Waals surface area (Å²) < 4.78 is 5.55. The monoisotopic (exact) mass is 384 g/mol. The fourth-order valence-corrected chi connectivity index (χ4v) is 4.31. The van der Waals surface area contributed by atoms with Gasteiger partial charge in [0.1, 0.15) is 17.1 Å². The van der Waals surface area contributed by atoms with Crippen LogP contribution >= 0.6 is 11.6 Å². The number of Topliss-reactive ketones (excluding diaryl/α,β-unsaturated/α-hetero) is 1. The maximum absolute atomic E-state index is 11.8. The molecule has 0 N–H and O–H groups in total. The van der Waals surface area contributed by atoms with Crippen LogP contribution in [0.5, 0.6) is 0 Å². The minimum absolute atomic E-state index is 0.179. The molecular weight excluding hydrogens is 364 g/mol. The summed E-state index contributed by atoms with van der Waals surface area (Å²) in [5.74, 6) is 1.01. The molecular formula is C20H21ClN4O2. The van der Waals surface area contributed by atoms with Gasteiger partial charge in [-0.2, -0.15) is 5.26 Å². The molecule has 1 aliphatic heterocycles. The average molecular weight is 385 g/mol. The number of fused-ring (bicyclic) bond motifs is 1. The van der Waals surface area contributed by atoms with E-state index in [1.165, 1.54) is 0 Å². The first kappa shape index (κ1) is 18.1. The molecule has 2 aromatic heterocycles. The SMILES string of the molecule is C[C@@H]1COCCN1c1cc(C2(C#N)CCC(=O)CC2)c2ccnc(Cl)c2n1. The number of halogens is 1. The summed E-state index contributed by atoms with van der Waals surface area (Å²) in [6.45, 7) is 4.09. The molecule has 0 amide bonds. The van der Waals surface area contributed by atoms with Crippen LogP contribution in [-0.4, -0.2) is 41.6 Å². The van der Waals surface area contributed by atoms with Crippen LogP contribution in [0.15, 0.2) is 18.3 Å².